The summed E-state index contributed by atoms with van der Waals surface area (Å²) in [7, 11) is 0. The zero-order valence-corrected chi connectivity index (χ0v) is 22.0. The number of hydrogen-bond donors (Lipinski definition) is 2. The molecule has 5 aliphatic rings. The number of hydrogen-bond acceptors (Lipinski definition) is 2. The van der Waals surface area contributed by atoms with Gasteiger partial charge in [-0.2, -0.15) is 0 Å². The molecule has 4 fully saturated rings. The summed E-state index contributed by atoms with van der Waals surface area (Å²) in [4.78, 5) is 12.8. The lowest BCUT2D eigenvalue weighted by atomic mass is 9.35. The summed E-state index contributed by atoms with van der Waals surface area (Å²) in [5.74, 6) is 1.03. The van der Waals surface area contributed by atoms with Crippen molar-refractivity contribution in [3.8, 4) is 0 Å². The van der Waals surface area contributed by atoms with Crippen LogP contribution in [0.25, 0.3) is 0 Å². The zero-order valence-electron chi connectivity index (χ0n) is 22.0. The number of carbonyl (C=O) groups is 1. The number of fused-ring (bicyclic) bond motifs is 7. The number of carboxylic acids is 1. The quantitative estimate of drug-likeness (QED) is 0.448. The number of aliphatic hydroxyl groups excluding tert-OH is 1. The van der Waals surface area contributed by atoms with Crippen molar-refractivity contribution >= 4 is 5.97 Å². The Morgan fingerprint density at radius 1 is 0.879 bits per heavy atom. The largest absolute Gasteiger partial charge is 0.481 e. The van der Waals surface area contributed by atoms with Gasteiger partial charge in [0.25, 0.3) is 0 Å². The van der Waals surface area contributed by atoms with Gasteiger partial charge in [0.2, 0.25) is 0 Å². The third-order valence-electron chi connectivity index (χ3n) is 12.8. The normalized spacial score (nSPS) is 52.9. The van der Waals surface area contributed by atoms with Crippen LogP contribution in [0.3, 0.4) is 0 Å². The van der Waals surface area contributed by atoms with Gasteiger partial charge in [-0.1, -0.05) is 71.8 Å². The summed E-state index contributed by atoms with van der Waals surface area (Å²) in [6.07, 6.45) is 12.5. The number of aliphatic carboxylic acids is 1. The molecule has 0 spiro atoms. The monoisotopic (exact) mass is 454 g/mol. The molecule has 5 aliphatic carbocycles. The van der Waals surface area contributed by atoms with Crippen LogP contribution >= 0.6 is 0 Å². The molecule has 0 saturated heterocycles. The topological polar surface area (TPSA) is 57.5 Å². The lowest BCUT2D eigenvalue weighted by molar-refractivity contribution is -0.166. The van der Waals surface area contributed by atoms with Crippen LogP contribution in [0.2, 0.25) is 0 Å². The molecule has 0 aromatic carbocycles. The van der Waals surface area contributed by atoms with E-state index in [0.717, 1.165) is 51.4 Å². The van der Waals surface area contributed by atoms with Crippen LogP contribution in [0.1, 0.15) is 99.8 Å². The summed E-state index contributed by atoms with van der Waals surface area (Å²) in [6.45, 7) is 16.7. The van der Waals surface area contributed by atoms with Crippen molar-refractivity contribution in [2.24, 2.45) is 50.7 Å². The lowest BCUT2D eigenvalue weighted by Crippen LogP contribution is -2.62. The Kier molecular flexibility index (Phi) is 5.01. The molecule has 3 nitrogen and oxygen atoms in total. The Balaban J connectivity index is 1.67. The summed E-state index contributed by atoms with van der Waals surface area (Å²) in [5.41, 5.74) is 2.56. The Morgan fingerprint density at radius 2 is 1.58 bits per heavy atom. The number of aliphatic hydroxyl groups is 1. The van der Waals surface area contributed by atoms with Crippen molar-refractivity contribution in [2.45, 2.75) is 106 Å². The second-order valence-corrected chi connectivity index (χ2v) is 14.1. The SMILES string of the molecule is C[C@H]1[C@H](C)CC[C@]2(C(=O)O)CC[C@]3(C)C(=CC=C4[C@@]5(C)CC[C@H](O)C(C)(C)C5CC[C@]43C)[C@H]12. The molecule has 184 valence electrons. The van der Waals surface area contributed by atoms with E-state index in [1.165, 1.54) is 5.57 Å². The highest BCUT2D eigenvalue weighted by molar-refractivity contribution is 5.77. The molecule has 4 saturated carbocycles. The predicted octanol–water partition coefficient (Wildman–Crippen LogP) is 7.01. The van der Waals surface area contributed by atoms with E-state index in [1.807, 2.05) is 0 Å². The third kappa shape index (κ3) is 2.69. The first kappa shape index (κ1) is 23.6. The van der Waals surface area contributed by atoms with Gasteiger partial charge in [-0.25, -0.2) is 0 Å². The minimum Gasteiger partial charge on any atom is -0.481 e. The Bertz CT molecular complexity index is 929. The molecule has 0 bridgehead atoms. The summed E-state index contributed by atoms with van der Waals surface area (Å²) >= 11 is 0. The van der Waals surface area contributed by atoms with Crippen molar-refractivity contribution in [3.63, 3.8) is 0 Å². The van der Waals surface area contributed by atoms with Crippen LogP contribution in [-0.2, 0) is 4.79 Å². The van der Waals surface area contributed by atoms with Crippen molar-refractivity contribution in [3.05, 3.63) is 23.3 Å². The highest BCUT2D eigenvalue weighted by Crippen LogP contribution is 2.74. The molecule has 0 heterocycles. The van der Waals surface area contributed by atoms with Crippen molar-refractivity contribution in [1.82, 2.24) is 0 Å². The van der Waals surface area contributed by atoms with Gasteiger partial charge in [-0.15, -0.1) is 0 Å². The van der Waals surface area contributed by atoms with Gasteiger partial charge < -0.3 is 10.2 Å². The minimum atomic E-state index is -0.586. The van der Waals surface area contributed by atoms with E-state index < -0.39 is 11.4 Å². The van der Waals surface area contributed by atoms with E-state index in [4.69, 9.17) is 0 Å². The summed E-state index contributed by atoms with van der Waals surface area (Å²) in [5, 5.41) is 21.4. The van der Waals surface area contributed by atoms with E-state index in [2.05, 4.69) is 60.6 Å². The second kappa shape index (κ2) is 6.99. The fourth-order valence-electron chi connectivity index (χ4n) is 10.2. The fourth-order valence-corrected chi connectivity index (χ4v) is 10.2. The van der Waals surface area contributed by atoms with Crippen LogP contribution in [0.4, 0.5) is 0 Å². The highest BCUT2D eigenvalue weighted by atomic mass is 16.4. The van der Waals surface area contributed by atoms with Gasteiger partial charge >= 0.3 is 5.97 Å². The average Bonchev–Trinajstić information content (AvgIpc) is 2.74. The lowest BCUT2D eigenvalue weighted by Gasteiger charge is -2.68. The number of allylic oxidation sites excluding steroid dienone is 4. The van der Waals surface area contributed by atoms with Gasteiger partial charge in [-0.3, -0.25) is 4.79 Å². The van der Waals surface area contributed by atoms with E-state index in [0.29, 0.717) is 17.8 Å². The Labute approximate surface area is 201 Å². The third-order valence-corrected chi connectivity index (χ3v) is 12.8. The molecule has 33 heavy (non-hydrogen) atoms. The van der Waals surface area contributed by atoms with Gasteiger partial charge in [0.15, 0.2) is 0 Å². The number of carboxylic acid groups (broad SMARTS) is 1. The van der Waals surface area contributed by atoms with Gasteiger partial charge in [0.1, 0.15) is 0 Å². The molecule has 0 aliphatic heterocycles. The maximum Gasteiger partial charge on any atom is 0.310 e. The molecule has 0 aromatic rings. The molecule has 0 radical (unpaired) electrons. The first-order valence-electron chi connectivity index (χ1n) is 13.6. The maximum atomic E-state index is 12.8. The van der Waals surface area contributed by atoms with Crippen molar-refractivity contribution in [1.29, 1.82) is 0 Å². The molecule has 0 aromatic heterocycles. The molecule has 9 atom stereocenters. The molecule has 1 unspecified atom stereocenters. The fraction of sp³-hybridized carbons (Fsp3) is 0.833. The molecule has 2 N–H and O–H groups in total. The molecule has 3 heteroatoms. The highest BCUT2D eigenvalue weighted by Gasteiger charge is 2.67. The van der Waals surface area contributed by atoms with E-state index >= 15 is 0 Å². The smallest absolute Gasteiger partial charge is 0.310 e. The van der Waals surface area contributed by atoms with Crippen LogP contribution in [0.5, 0.6) is 0 Å². The van der Waals surface area contributed by atoms with Crippen LogP contribution in [-0.4, -0.2) is 22.3 Å². The molecular formula is C30H46O3. The van der Waals surface area contributed by atoms with Crippen molar-refractivity contribution < 1.29 is 15.0 Å². The van der Waals surface area contributed by atoms with E-state index in [-0.39, 0.29) is 33.7 Å². The standard InChI is InChI=1S/C30H46O3/c1-18-10-15-30(25(32)33)17-16-28(6)20(24(30)19(18)2)8-9-22-27(5)13-12-23(31)26(3,4)21(27)11-14-29(22,28)7/h8-9,18-19,21,23-24,31H,10-17H2,1-7H3,(H,32,33)/t18-,19+,21?,23+,24+,27+,28-,29-,30+/m1/s1. The van der Waals surface area contributed by atoms with Crippen molar-refractivity contribution in [2.75, 3.05) is 0 Å². The van der Waals surface area contributed by atoms with Gasteiger partial charge in [-0.05, 0) is 96.7 Å². The van der Waals surface area contributed by atoms with E-state index in [1.54, 1.807) is 5.57 Å². The first-order chi connectivity index (χ1) is 15.3. The molecule has 5 rings (SSSR count). The van der Waals surface area contributed by atoms with Gasteiger partial charge in [0, 0.05) is 0 Å². The van der Waals surface area contributed by atoms with Crippen LogP contribution in [0.15, 0.2) is 23.3 Å². The number of rotatable bonds is 1. The maximum absolute atomic E-state index is 12.8. The first-order valence-corrected chi connectivity index (χ1v) is 13.6. The molecular weight excluding hydrogens is 408 g/mol. The summed E-state index contributed by atoms with van der Waals surface area (Å²) < 4.78 is 0. The predicted molar refractivity (Wildman–Crippen MR) is 133 cm³/mol. The molecule has 0 amide bonds. The summed E-state index contributed by atoms with van der Waals surface area (Å²) in [6, 6.07) is 0. The Hall–Kier alpha value is -1.09. The minimum absolute atomic E-state index is 0.0141. The second-order valence-electron chi connectivity index (χ2n) is 14.1. The van der Waals surface area contributed by atoms with Crippen LogP contribution < -0.4 is 0 Å². The van der Waals surface area contributed by atoms with Crippen LogP contribution in [0, 0.1) is 50.7 Å². The van der Waals surface area contributed by atoms with E-state index in [9.17, 15) is 15.0 Å². The zero-order chi connectivity index (χ0) is 24.2. The van der Waals surface area contributed by atoms with Gasteiger partial charge in [0.05, 0.1) is 11.5 Å². The average molecular weight is 455 g/mol. The Morgan fingerprint density at radius 3 is 2.24 bits per heavy atom.